The molecule has 348 valence electrons. The number of allylic oxidation sites excluding steroid dienone is 12. The van der Waals surface area contributed by atoms with Crippen molar-refractivity contribution in [3.8, 4) is 0 Å². The summed E-state index contributed by atoms with van der Waals surface area (Å²) >= 11 is 0. The molecule has 0 spiro atoms. The van der Waals surface area contributed by atoms with Gasteiger partial charge in [0.15, 0.2) is 0 Å². The van der Waals surface area contributed by atoms with Crippen LogP contribution >= 0.6 is 0 Å². The Bertz CT molecular complexity index is 1040. The number of nitrogens with one attached hydrogen (secondary N) is 1. The van der Waals surface area contributed by atoms with Crippen molar-refractivity contribution in [2.24, 2.45) is 0 Å². The minimum absolute atomic E-state index is 0.0344. The molecule has 0 bridgehead atoms. The van der Waals surface area contributed by atoms with Crippen molar-refractivity contribution in [2.45, 2.75) is 270 Å². The number of hydrogen-bond donors (Lipinski definition) is 3. The summed E-state index contributed by atoms with van der Waals surface area (Å²) < 4.78 is 0. The van der Waals surface area contributed by atoms with Gasteiger partial charge in [0.25, 0.3) is 0 Å². The maximum atomic E-state index is 12.5. The van der Waals surface area contributed by atoms with Crippen LogP contribution in [0.2, 0.25) is 0 Å². The lowest BCUT2D eigenvalue weighted by molar-refractivity contribution is -0.123. The summed E-state index contributed by atoms with van der Waals surface area (Å²) in [5, 5.41) is 23.3. The van der Waals surface area contributed by atoms with Crippen LogP contribution in [0, 0.1) is 0 Å². The van der Waals surface area contributed by atoms with Crippen molar-refractivity contribution in [3.63, 3.8) is 0 Å². The standard InChI is InChI=1S/C56H101NO3/c1-3-5-7-9-11-13-15-17-19-21-22-23-24-25-26-27-28-29-30-31-32-33-34-36-38-40-42-44-46-48-50-52-56(60)57-54(53-58)55(59)51-49-47-45-43-41-39-37-35-20-18-16-14-12-10-8-6-4-2/h5,7,11,13,17,19,22-23,25-26,28-29,54-55,58-59H,3-4,6,8-10,12,14-16,18,20-21,24,27,30-53H2,1-2H3,(H,57,60)/b7-5-,13-11-,19-17-,23-22-,26-25-,29-28-. The van der Waals surface area contributed by atoms with Crippen LogP contribution < -0.4 is 5.32 Å². The van der Waals surface area contributed by atoms with Crippen LogP contribution in [-0.4, -0.2) is 34.9 Å². The Kier molecular flexibility index (Phi) is 49.3. The third kappa shape index (κ3) is 46.9. The SMILES string of the molecule is CC/C=C\C/C=C\C/C=C\C/C=C\C/C=C\C/C=C\CCCCCCCCCCCCCCC(=O)NC(CO)C(O)CCCCCCCCCCCCCCCCCCC. The van der Waals surface area contributed by atoms with E-state index in [0.29, 0.717) is 12.8 Å². The Morgan fingerprint density at radius 2 is 0.733 bits per heavy atom. The van der Waals surface area contributed by atoms with E-state index in [9.17, 15) is 15.0 Å². The molecular formula is C56H101NO3. The Balaban J connectivity index is 3.51. The van der Waals surface area contributed by atoms with Crippen LogP contribution in [0.15, 0.2) is 72.9 Å². The summed E-state index contributed by atoms with van der Waals surface area (Å²) in [7, 11) is 0. The van der Waals surface area contributed by atoms with Gasteiger partial charge >= 0.3 is 0 Å². The minimum Gasteiger partial charge on any atom is -0.394 e. The van der Waals surface area contributed by atoms with E-state index in [1.807, 2.05) is 0 Å². The molecule has 1 amide bonds. The van der Waals surface area contributed by atoms with Gasteiger partial charge in [0.1, 0.15) is 0 Å². The van der Waals surface area contributed by atoms with Gasteiger partial charge in [0.05, 0.1) is 18.8 Å². The highest BCUT2D eigenvalue weighted by Crippen LogP contribution is 2.16. The molecule has 2 unspecified atom stereocenters. The van der Waals surface area contributed by atoms with Crippen LogP contribution in [0.25, 0.3) is 0 Å². The van der Waals surface area contributed by atoms with Crippen LogP contribution in [-0.2, 0) is 4.79 Å². The fraction of sp³-hybridized carbons (Fsp3) is 0.768. The van der Waals surface area contributed by atoms with Crippen molar-refractivity contribution in [1.29, 1.82) is 0 Å². The third-order valence-corrected chi connectivity index (χ3v) is 11.7. The summed E-state index contributed by atoms with van der Waals surface area (Å²) in [5.74, 6) is -0.0344. The number of carbonyl (C=O) groups excluding carboxylic acids is 1. The summed E-state index contributed by atoms with van der Waals surface area (Å²) in [6, 6.07) is -0.541. The molecule has 0 aliphatic carbocycles. The first-order valence-corrected chi connectivity index (χ1v) is 26.1. The maximum Gasteiger partial charge on any atom is 0.220 e. The number of rotatable bonds is 47. The van der Waals surface area contributed by atoms with E-state index < -0.39 is 12.1 Å². The predicted octanol–water partition coefficient (Wildman–Crippen LogP) is 17.0. The zero-order valence-corrected chi connectivity index (χ0v) is 40.0. The number of amides is 1. The number of hydrogen-bond acceptors (Lipinski definition) is 3. The largest absolute Gasteiger partial charge is 0.394 e. The molecule has 0 saturated carbocycles. The fourth-order valence-corrected chi connectivity index (χ4v) is 7.78. The molecule has 2 atom stereocenters. The number of carbonyl (C=O) groups is 1. The molecule has 0 heterocycles. The second-order valence-electron chi connectivity index (χ2n) is 17.6. The highest BCUT2D eigenvalue weighted by molar-refractivity contribution is 5.76. The molecule has 0 fully saturated rings. The molecule has 3 N–H and O–H groups in total. The normalized spacial score (nSPS) is 13.5. The Hall–Kier alpha value is -2.17. The molecule has 0 saturated heterocycles. The van der Waals surface area contributed by atoms with Crippen molar-refractivity contribution in [1.82, 2.24) is 5.32 Å². The van der Waals surface area contributed by atoms with Crippen molar-refractivity contribution < 1.29 is 15.0 Å². The first-order chi connectivity index (χ1) is 29.7. The van der Waals surface area contributed by atoms with Gasteiger partial charge in [-0.05, 0) is 64.2 Å². The average Bonchev–Trinajstić information content (AvgIpc) is 3.25. The highest BCUT2D eigenvalue weighted by Gasteiger charge is 2.20. The first-order valence-electron chi connectivity index (χ1n) is 26.1. The van der Waals surface area contributed by atoms with Gasteiger partial charge in [0, 0.05) is 6.42 Å². The molecule has 0 aromatic carbocycles. The second-order valence-corrected chi connectivity index (χ2v) is 17.6. The van der Waals surface area contributed by atoms with E-state index in [0.717, 1.165) is 64.2 Å². The van der Waals surface area contributed by atoms with Gasteiger partial charge in [-0.3, -0.25) is 4.79 Å². The van der Waals surface area contributed by atoms with E-state index in [2.05, 4.69) is 92.1 Å². The third-order valence-electron chi connectivity index (χ3n) is 11.7. The number of aliphatic hydroxyl groups excluding tert-OH is 2. The van der Waals surface area contributed by atoms with Gasteiger partial charge in [-0.25, -0.2) is 0 Å². The fourth-order valence-electron chi connectivity index (χ4n) is 7.78. The molecule has 4 nitrogen and oxygen atoms in total. The van der Waals surface area contributed by atoms with Crippen molar-refractivity contribution >= 4 is 5.91 Å². The van der Waals surface area contributed by atoms with Gasteiger partial charge in [-0.2, -0.15) is 0 Å². The van der Waals surface area contributed by atoms with Gasteiger partial charge in [0.2, 0.25) is 5.91 Å². The van der Waals surface area contributed by atoms with Gasteiger partial charge in [-0.1, -0.05) is 260 Å². The topological polar surface area (TPSA) is 69.6 Å². The summed E-state index contributed by atoms with van der Waals surface area (Å²) in [4.78, 5) is 12.5. The second kappa shape index (κ2) is 51.2. The number of aliphatic hydroxyl groups is 2. The summed E-state index contributed by atoms with van der Waals surface area (Å²) in [6.07, 6.45) is 72.9. The first kappa shape index (κ1) is 57.8. The van der Waals surface area contributed by atoms with Crippen LogP contribution in [0.3, 0.4) is 0 Å². The lowest BCUT2D eigenvalue weighted by Gasteiger charge is -2.22. The monoisotopic (exact) mass is 836 g/mol. The van der Waals surface area contributed by atoms with Crippen molar-refractivity contribution in [2.75, 3.05) is 6.61 Å². The molecule has 0 aromatic heterocycles. The maximum absolute atomic E-state index is 12.5. The molecule has 0 radical (unpaired) electrons. The smallest absolute Gasteiger partial charge is 0.220 e. The summed E-state index contributed by atoms with van der Waals surface area (Å²) in [6.45, 7) is 4.25. The van der Waals surface area contributed by atoms with E-state index in [-0.39, 0.29) is 12.5 Å². The Morgan fingerprint density at radius 1 is 0.417 bits per heavy atom. The molecule has 0 aromatic rings. The van der Waals surface area contributed by atoms with Crippen LogP contribution in [0.5, 0.6) is 0 Å². The zero-order chi connectivity index (χ0) is 43.5. The predicted molar refractivity (Wildman–Crippen MR) is 267 cm³/mol. The minimum atomic E-state index is -0.663. The zero-order valence-electron chi connectivity index (χ0n) is 40.0. The van der Waals surface area contributed by atoms with Crippen molar-refractivity contribution in [3.05, 3.63) is 72.9 Å². The molecular weight excluding hydrogens is 735 g/mol. The molecule has 0 aliphatic rings. The van der Waals surface area contributed by atoms with E-state index in [1.165, 1.54) is 167 Å². The average molecular weight is 836 g/mol. The van der Waals surface area contributed by atoms with E-state index in [4.69, 9.17) is 0 Å². The van der Waals surface area contributed by atoms with E-state index >= 15 is 0 Å². The molecule has 0 aliphatic heterocycles. The number of unbranched alkanes of at least 4 members (excludes halogenated alkanes) is 28. The van der Waals surface area contributed by atoms with Crippen LogP contribution in [0.4, 0.5) is 0 Å². The van der Waals surface area contributed by atoms with Gasteiger partial charge < -0.3 is 15.5 Å². The lowest BCUT2D eigenvalue weighted by atomic mass is 10.0. The Labute approximate surface area is 374 Å². The lowest BCUT2D eigenvalue weighted by Crippen LogP contribution is -2.45. The van der Waals surface area contributed by atoms with E-state index in [1.54, 1.807) is 0 Å². The van der Waals surface area contributed by atoms with Crippen LogP contribution in [0.1, 0.15) is 258 Å². The quantitative estimate of drug-likeness (QED) is 0.0422. The highest BCUT2D eigenvalue weighted by atomic mass is 16.3. The van der Waals surface area contributed by atoms with Gasteiger partial charge in [-0.15, -0.1) is 0 Å². The molecule has 60 heavy (non-hydrogen) atoms. The summed E-state index contributed by atoms with van der Waals surface area (Å²) in [5.41, 5.74) is 0. The Morgan fingerprint density at radius 3 is 1.10 bits per heavy atom. The molecule has 0 rings (SSSR count). The molecule has 4 heteroatoms.